The van der Waals surface area contributed by atoms with Crippen molar-refractivity contribution in [1.82, 2.24) is 14.7 Å². The minimum absolute atomic E-state index is 0.335. The number of rotatable bonds is 4. The summed E-state index contributed by atoms with van der Waals surface area (Å²) in [6.07, 6.45) is 0.796. The molecule has 1 atom stereocenters. The normalized spacial score (nSPS) is 12.9. The number of pyridine rings is 1. The van der Waals surface area contributed by atoms with Crippen LogP contribution in [0.2, 0.25) is 5.15 Å². The summed E-state index contributed by atoms with van der Waals surface area (Å²) < 4.78 is 7.30. The predicted octanol–water partition coefficient (Wildman–Crippen LogP) is 2.15. The highest BCUT2D eigenvalue weighted by Crippen LogP contribution is 2.24. The fourth-order valence-electron chi connectivity index (χ4n) is 1.81. The van der Waals surface area contributed by atoms with Gasteiger partial charge in [0, 0.05) is 12.5 Å². The minimum Gasteiger partial charge on any atom is -0.482 e. The minimum atomic E-state index is 0.335. The van der Waals surface area contributed by atoms with E-state index in [1.165, 1.54) is 0 Å². The highest BCUT2D eigenvalue weighted by Gasteiger charge is 2.14. The number of hydrogen-bond donors (Lipinski definition) is 1. The van der Waals surface area contributed by atoms with Crippen molar-refractivity contribution in [3.8, 4) is 5.88 Å². The average Bonchev–Trinajstić information content (AvgIpc) is 2.66. The van der Waals surface area contributed by atoms with Crippen LogP contribution < -0.4 is 10.1 Å². The van der Waals surface area contributed by atoms with Gasteiger partial charge < -0.3 is 10.1 Å². The fraction of sp³-hybridized carbons (Fsp3) is 0.417. The van der Waals surface area contributed by atoms with Gasteiger partial charge in [0.2, 0.25) is 0 Å². The monoisotopic (exact) mass is 253 g/mol. The Hall–Kier alpha value is -1.26. The van der Waals surface area contributed by atoms with Crippen LogP contribution in [0.3, 0.4) is 0 Å². The van der Waals surface area contributed by atoms with Gasteiger partial charge in [0.05, 0.1) is 12.6 Å². The first-order chi connectivity index (χ1) is 8.17. The largest absolute Gasteiger partial charge is 0.482 e. The number of likely N-dealkylation sites (N-methyl/N-ethyl adjacent to an activating group) is 1. The zero-order valence-corrected chi connectivity index (χ0v) is 11.0. The van der Waals surface area contributed by atoms with Crippen molar-refractivity contribution < 1.29 is 4.74 Å². The number of aromatic nitrogens is 2. The Morgan fingerprint density at radius 2 is 2.29 bits per heavy atom. The van der Waals surface area contributed by atoms with Gasteiger partial charge >= 0.3 is 0 Å². The number of nitrogens with zero attached hydrogens (tertiary/aromatic N) is 2. The van der Waals surface area contributed by atoms with Gasteiger partial charge in [-0.3, -0.25) is 4.40 Å². The first kappa shape index (κ1) is 12.2. The molecule has 1 unspecified atom stereocenters. The highest BCUT2D eigenvalue weighted by atomic mass is 35.5. The van der Waals surface area contributed by atoms with Crippen LogP contribution >= 0.6 is 11.6 Å². The maximum absolute atomic E-state index is 6.13. The second-order valence-corrected chi connectivity index (χ2v) is 4.36. The van der Waals surface area contributed by atoms with E-state index in [0.29, 0.717) is 11.2 Å². The van der Waals surface area contributed by atoms with Crippen molar-refractivity contribution in [3.05, 3.63) is 29.2 Å². The van der Waals surface area contributed by atoms with Crippen LogP contribution in [0.15, 0.2) is 18.2 Å². The average molecular weight is 254 g/mol. The van der Waals surface area contributed by atoms with Crippen molar-refractivity contribution in [2.45, 2.75) is 19.4 Å². The van der Waals surface area contributed by atoms with Crippen LogP contribution in [0.1, 0.15) is 12.7 Å². The molecule has 1 N–H and O–H groups in total. The molecule has 0 amide bonds. The summed E-state index contributed by atoms with van der Waals surface area (Å²) in [6.45, 7) is 2.10. The van der Waals surface area contributed by atoms with E-state index < -0.39 is 0 Å². The van der Waals surface area contributed by atoms with Crippen molar-refractivity contribution in [2.75, 3.05) is 14.2 Å². The Balaban J connectivity index is 2.55. The molecule has 2 aromatic heterocycles. The zero-order chi connectivity index (χ0) is 12.4. The quantitative estimate of drug-likeness (QED) is 0.908. The number of ether oxygens (including phenoxy) is 1. The Bertz CT molecular complexity index is 524. The third kappa shape index (κ3) is 2.23. The van der Waals surface area contributed by atoms with E-state index in [1.54, 1.807) is 7.11 Å². The van der Waals surface area contributed by atoms with Gasteiger partial charge in [-0.1, -0.05) is 17.7 Å². The van der Waals surface area contributed by atoms with Gasteiger partial charge in [-0.2, -0.15) is 0 Å². The Kier molecular flexibility index (Phi) is 3.54. The molecule has 0 saturated heterocycles. The van der Waals surface area contributed by atoms with Gasteiger partial charge in [-0.25, -0.2) is 4.98 Å². The maximum atomic E-state index is 6.13. The van der Waals surface area contributed by atoms with Gasteiger partial charge in [-0.05, 0) is 26.1 Å². The maximum Gasteiger partial charge on any atom is 0.199 e. The molecule has 92 valence electrons. The predicted molar refractivity (Wildman–Crippen MR) is 69.0 cm³/mol. The van der Waals surface area contributed by atoms with Crippen LogP contribution in [0.4, 0.5) is 0 Å². The Labute approximate surface area is 106 Å². The lowest BCUT2D eigenvalue weighted by Crippen LogP contribution is -2.24. The van der Waals surface area contributed by atoms with Gasteiger partial charge in [0.25, 0.3) is 0 Å². The third-order valence-electron chi connectivity index (χ3n) is 2.84. The van der Waals surface area contributed by atoms with Crippen LogP contribution in [0.25, 0.3) is 5.52 Å². The molecule has 17 heavy (non-hydrogen) atoms. The summed E-state index contributed by atoms with van der Waals surface area (Å²) in [4.78, 5) is 4.39. The Morgan fingerprint density at radius 1 is 1.53 bits per heavy atom. The standard InChI is InChI=1S/C12H16ClN3O/c1-8(14-2)7-10-15-12(13)9-5-4-6-11(17-3)16(9)10/h4-6,8,14H,7H2,1-3H3. The summed E-state index contributed by atoms with van der Waals surface area (Å²) in [5.74, 6) is 1.66. The van der Waals surface area contributed by atoms with Gasteiger partial charge in [-0.15, -0.1) is 0 Å². The molecule has 0 aliphatic rings. The lowest BCUT2D eigenvalue weighted by Gasteiger charge is -2.11. The Morgan fingerprint density at radius 3 is 2.94 bits per heavy atom. The molecule has 0 aromatic carbocycles. The summed E-state index contributed by atoms with van der Waals surface area (Å²) in [7, 11) is 3.58. The lowest BCUT2D eigenvalue weighted by atomic mass is 10.2. The lowest BCUT2D eigenvalue weighted by molar-refractivity contribution is 0.389. The van der Waals surface area contributed by atoms with E-state index in [9.17, 15) is 0 Å². The molecular formula is C12H16ClN3O. The molecule has 4 nitrogen and oxygen atoms in total. The third-order valence-corrected chi connectivity index (χ3v) is 3.12. The van der Waals surface area contributed by atoms with E-state index in [0.717, 1.165) is 23.6 Å². The summed E-state index contributed by atoms with van der Waals surface area (Å²) in [6, 6.07) is 6.08. The van der Waals surface area contributed by atoms with Crippen LogP contribution in [-0.2, 0) is 6.42 Å². The number of nitrogens with one attached hydrogen (secondary N) is 1. The van der Waals surface area contributed by atoms with Crippen LogP contribution in [-0.4, -0.2) is 29.6 Å². The molecule has 2 rings (SSSR count). The number of halogens is 1. The molecule has 2 heterocycles. The molecule has 0 fully saturated rings. The number of imidazole rings is 1. The summed E-state index contributed by atoms with van der Waals surface area (Å²) in [5.41, 5.74) is 0.879. The topological polar surface area (TPSA) is 38.6 Å². The second-order valence-electron chi connectivity index (χ2n) is 4.00. The van der Waals surface area contributed by atoms with Crippen molar-refractivity contribution in [1.29, 1.82) is 0 Å². The van der Waals surface area contributed by atoms with E-state index in [2.05, 4.69) is 17.2 Å². The number of hydrogen-bond acceptors (Lipinski definition) is 3. The number of methoxy groups -OCH3 is 1. The second kappa shape index (κ2) is 4.94. The molecule has 0 spiro atoms. The molecule has 0 aliphatic heterocycles. The van der Waals surface area contributed by atoms with Crippen molar-refractivity contribution in [2.24, 2.45) is 0 Å². The molecule has 5 heteroatoms. The van der Waals surface area contributed by atoms with E-state index in [4.69, 9.17) is 16.3 Å². The van der Waals surface area contributed by atoms with E-state index >= 15 is 0 Å². The van der Waals surface area contributed by atoms with Crippen LogP contribution in [0.5, 0.6) is 5.88 Å². The SMILES string of the molecule is CNC(C)Cc1nc(Cl)c2cccc(OC)n12. The van der Waals surface area contributed by atoms with E-state index in [1.807, 2.05) is 29.6 Å². The first-order valence-electron chi connectivity index (χ1n) is 5.54. The van der Waals surface area contributed by atoms with Crippen LogP contribution in [0, 0.1) is 0 Å². The smallest absolute Gasteiger partial charge is 0.199 e. The zero-order valence-electron chi connectivity index (χ0n) is 10.2. The highest BCUT2D eigenvalue weighted by molar-refractivity contribution is 6.32. The van der Waals surface area contributed by atoms with Crippen molar-refractivity contribution >= 4 is 17.1 Å². The first-order valence-corrected chi connectivity index (χ1v) is 5.92. The number of fused-ring (bicyclic) bond motifs is 1. The molecule has 0 aliphatic carbocycles. The summed E-state index contributed by atoms with van der Waals surface area (Å²) in [5, 5.41) is 3.70. The summed E-state index contributed by atoms with van der Waals surface area (Å²) >= 11 is 6.13. The molecule has 2 aromatic rings. The van der Waals surface area contributed by atoms with Crippen molar-refractivity contribution in [3.63, 3.8) is 0 Å². The van der Waals surface area contributed by atoms with Gasteiger partial charge in [0.15, 0.2) is 11.0 Å². The van der Waals surface area contributed by atoms with E-state index in [-0.39, 0.29) is 0 Å². The van der Waals surface area contributed by atoms with Gasteiger partial charge in [0.1, 0.15) is 5.82 Å². The molecule has 0 bridgehead atoms. The molecule has 0 radical (unpaired) electrons. The molecule has 0 saturated carbocycles. The fourth-order valence-corrected chi connectivity index (χ4v) is 2.05. The molecular weight excluding hydrogens is 238 g/mol.